The van der Waals surface area contributed by atoms with Crippen LogP contribution in [-0.4, -0.2) is 19.8 Å². The maximum absolute atomic E-state index is 11.9. The molecule has 1 aliphatic heterocycles. The Kier molecular flexibility index (Phi) is 4.47. The van der Waals surface area contributed by atoms with Crippen LogP contribution in [0, 0.1) is 0 Å². The van der Waals surface area contributed by atoms with Crippen molar-refractivity contribution >= 4 is 12.0 Å². The van der Waals surface area contributed by atoms with E-state index in [1.54, 1.807) is 13.2 Å². The third-order valence-electron chi connectivity index (χ3n) is 3.47. The molecule has 1 N–H and O–H groups in total. The van der Waals surface area contributed by atoms with Gasteiger partial charge < -0.3 is 19.5 Å². The minimum Gasteiger partial charge on any atom is -0.496 e. The maximum Gasteiger partial charge on any atom is 0.244 e. The van der Waals surface area contributed by atoms with E-state index in [2.05, 4.69) is 5.32 Å². The highest BCUT2D eigenvalue weighted by molar-refractivity contribution is 5.91. The zero-order valence-corrected chi connectivity index (χ0v) is 12.7. The molecular formula is C18H17NO4. The minimum atomic E-state index is -0.173. The first-order chi connectivity index (χ1) is 11.3. The van der Waals surface area contributed by atoms with Gasteiger partial charge in [0.05, 0.1) is 7.11 Å². The van der Waals surface area contributed by atoms with Gasteiger partial charge in [0, 0.05) is 18.2 Å². The molecule has 0 spiro atoms. The number of fused-ring (bicyclic) bond motifs is 1. The summed E-state index contributed by atoms with van der Waals surface area (Å²) in [5.41, 5.74) is 1.81. The number of hydrogen-bond acceptors (Lipinski definition) is 4. The van der Waals surface area contributed by atoms with Crippen LogP contribution in [0.15, 0.2) is 48.5 Å². The summed E-state index contributed by atoms with van der Waals surface area (Å²) in [6.45, 7) is 0.649. The Hall–Kier alpha value is -2.95. The number of nitrogens with one attached hydrogen (secondary N) is 1. The standard InChI is InChI=1S/C18H17NO4/c1-21-15-5-3-2-4-14(15)11-19-18(20)9-7-13-6-8-16-17(10-13)23-12-22-16/h2-10H,11-12H2,1H3,(H,19,20). The Balaban J connectivity index is 1.59. The van der Waals surface area contributed by atoms with E-state index in [1.165, 1.54) is 6.08 Å². The highest BCUT2D eigenvalue weighted by atomic mass is 16.7. The van der Waals surface area contributed by atoms with Crippen molar-refractivity contribution in [3.63, 3.8) is 0 Å². The van der Waals surface area contributed by atoms with Crippen molar-refractivity contribution in [1.82, 2.24) is 5.32 Å². The first-order valence-corrected chi connectivity index (χ1v) is 7.24. The lowest BCUT2D eigenvalue weighted by Gasteiger charge is -2.08. The second-order valence-corrected chi connectivity index (χ2v) is 4.98. The molecule has 1 amide bonds. The quantitative estimate of drug-likeness (QED) is 0.863. The second kappa shape index (κ2) is 6.87. The number of benzene rings is 2. The molecule has 118 valence electrons. The molecule has 3 rings (SSSR count). The van der Waals surface area contributed by atoms with Gasteiger partial charge in [-0.25, -0.2) is 0 Å². The summed E-state index contributed by atoms with van der Waals surface area (Å²) < 4.78 is 15.8. The Morgan fingerprint density at radius 1 is 1.22 bits per heavy atom. The number of amides is 1. The van der Waals surface area contributed by atoms with E-state index < -0.39 is 0 Å². The number of methoxy groups -OCH3 is 1. The molecule has 5 nitrogen and oxygen atoms in total. The van der Waals surface area contributed by atoms with Gasteiger partial charge in [0.15, 0.2) is 11.5 Å². The van der Waals surface area contributed by atoms with E-state index in [-0.39, 0.29) is 12.7 Å². The molecule has 0 fully saturated rings. The first kappa shape index (κ1) is 15.0. The topological polar surface area (TPSA) is 56.8 Å². The van der Waals surface area contributed by atoms with Crippen LogP contribution in [-0.2, 0) is 11.3 Å². The SMILES string of the molecule is COc1ccccc1CNC(=O)C=Cc1ccc2c(c1)OCO2. The van der Waals surface area contributed by atoms with Crippen molar-refractivity contribution in [2.45, 2.75) is 6.54 Å². The molecule has 0 bridgehead atoms. The molecule has 2 aromatic carbocycles. The molecule has 0 aliphatic carbocycles. The molecule has 0 saturated heterocycles. The van der Waals surface area contributed by atoms with Crippen LogP contribution in [0.4, 0.5) is 0 Å². The molecule has 0 atom stereocenters. The molecule has 0 radical (unpaired) electrons. The molecule has 1 aliphatic rings. The predicted molar refractivity (Wildman–Crippen MR) is 86.4 cm³/mol. The van der Waals surface area contributed by atoms with Gasteiger partial charge in [-0.05, 0) is 29.8 Å². The Bertz CT molecular complexity index is 740. The Morgan fingerprint density at radius 2 is 2.04 bits per heavy atom. The summed E-state index contributed by atoms with van der Waals surface area (Å²) in [5, 5.41) is 2.83. The third kappa shape index (κ3) is 3.63. The van der Waals surface area contributed by atoms with Crippen LogP contribution in [0.25, 0.3) is 6.08 Å². The summed E-state index contributed by atoms with van der Waals surface area (Å²) >= 11 is 0. The number of hydrogen-bond donors (Lipinski definition) is 1. The lowest BCUT2D eigenvalue weighted by Crippen LogP contribution is -2.20. The van der Waals surface area contributed by atoms with Crippen LogP contribution in [0.2, 0.25) is 0 Å². The normalized spacial score (nSPS) is 12.4. The fraction of sp³-hybridized carbons (Fsp3) is 0.167. The summed E-state index contributed by atoms with van der Waals surface area (Å²) in [5.74, 6) is 2.01. The Labute approximate surface area is 134 Å². The first-order valence-electron chi connectivity index (χ1n) is 7.24. The maximum atomic E-state index is 11.9. The summed E-state index contributed by atoms with van der Waals surface area (Å²) in [6, 6.07) is 13.1. The molecule has 0 saturated carbocycles. The van der Waals surface area contributed by atoms with E-state index in [0.29, 0.717) is 12.3 Å². The van der Waals surface area contributed by atoms with Crippen molar-refractivity contribution in [3.8, 4) is 17.2 Å². The van der Waals surface area contributed by atoms with Crippen LogP contribution in [0.5, 0.6) is 17.2 Å². The van der Waals surface area contributed by atoms with Gasteiger partial charge >= 0.3 is 0 Å². The van der Waals surface area contributed by atoms with Gasteiger partial charge in [0.2, 0.25) is 12.7 Å². The van der Waals surface area contributed by atoms with Crippen molar-refractivity contribution in [2.75, 3.05) is 13.9 Å². The van der Waals surface area contributed by atoms with Gasteiger partial charge in [0.1, 0.15) is 5.75 Å². The van der Waals surface area contributed by atoms with E-state index in [9.17, 15) is 4.79 Å². The van der Waals surface area contributed by atoms with Gasteiger partial charge in [-0.1, -0.05) is 24.3 Å². The molecule has 1 heterocycles. The van der Waals surface area contributed by atoms with Crippen LogP contribution >= 0.6 is 0 Å². The van der Waals surface area contributed by atoms with E-state index in [4.69, 9.17) is 14.2 Å². The van der Waals surface area contributed by atoms with Gasteiger partial charge in [-0.15, -0.1) is 0 Å². The fourth-order valence-electron chi connectivity index (χ4n) is 2.28. The van der Waals surface area contributed by atoms with Crippen molar-refractivity contribution in [1.29, 1.82) is 0 Å². The summed E-state index contributed by atoms with van der Waals surface area (Å²) in [6.07, 6.45) is 3.23. The fourth-order valence-corrected chi connectivity index (χ4v) is 2.28. The highest BCUT2D eigenvalue weighted by Crippen LogP contribution is 2.32. The molecule has 0 aromatic heterocycles. The molecule has 5 heteroatoms. The van der Waals surface area contributed by atoms with Crippen LogP contribution in [0.3, 0.4) is 0 Å². The van der Waals surface area contributed by atoms with Gasteiger partial charge in [0.25, 0.3) is 0 Å². The zero-order chi connectivity index (χ0) is 16.1. The number of carbonyl (C=O) groups is 1. The second-order valence-electron chi connectivity index (χ2n) is 4.98. The molecule has 0 unspecified atom stereocenters. The molecular weight excluding hydrogens is 294 g/mol. The van der Waals surface area contributed by atoms with Gasteiger partial charge in [-0.2, -0.15) is 0 Å². The third-order valence-corrected chi connectivity index (χ3v) is 3.47. The van der Waals surface area contributed by atoms with E-state index in [0.717, 1.165) is 22.6 Å². The number of ether oxygens (including phenoxy) is 3. The monoisotopic (exact) mass is 311 g/mol. The number of rotatable bonds is 5. The summed E-state index contributed by atoms with van der Waals surface area (Å²) in [7, 11) is 1.61. The van der Waals surface area contributed by atoms with E-state index in [1.807, 2.05) is 42.5 Å². The predicted octanol–water partition coefficient (Wildman–Crippen LogP) is 2.75. The largest absolute Gasteiger partial charge is 0.496 e. The lowest BCUT2D eigenvalue weighted by atomic mass is 10.2. The van der Waals surface area contributed by atoms with E-state index >= 15 is 0 Å². The van der Waals surface area contributed by atoms with Crippen LogP contribution < -0.4 is 19.5 Å². The summed E-state index contributed by atoms with van der Waals surface area (Å²) in [4.78, 5) is 11.9. The number of para-hydroxylation sites is 1. The average molecular weight is 311 g/mol. The smallest absolute Gasteiger partial charge is 0.244 e. The van der Waals surface area contributed by atoms with Crippen molar-refractivity contribution in [2.24, 2.45) is 0 Å². The van der Waals surface area contributed by atoms with Gasteiger partial charge in [-0.3, -0.25) is 4.79 Å². The average Bonchev–Trinajstić information content (AvgIpc) is 3.06. The Morgan fingerprint density at radius 3 is 2.91 bits per heavy atom. The molecule has 23 heavy (non-hydrogen) atoms. The minimum absolute atomic E-state index is 0.173. The number of carbonyl (C=O) groups excluding carboxylic acids is 1. The lowest BCUT2D eigenvalue weighted by molar-refractivity contribution is -0.116. The van der Waals surface area contributed by atoms with Crippen molar-refractivity contribution < 1.29 is 19.0 Å². The van der Waals surface area contributed by atoms with Crippen LogP contribution in [0.1, 0.15) is 11.1 Å². The zero-order valence-electron chi connectivity index (χ0n) is 12.7. The van der Waals surface area contributed by atoms with Crippen molar-refractivity contribution in [3.05, 3.63) is 59.7 Å². The molecule has 2 aromatic rings. The highest BCUT2D eigenvalue weighted by Gasteiger charge is 2.12.